The van der Waals surface area contributed by atoms with Gasteiger partial charge in [0.15, 0.2) is 0 Å². The summed E-state index contributed by atoms with van der Waals surface area (Å²) in [6.45, 7) is 2.47. The monoisotopic (exact) mass is 401 g/mol. The third kappa shape index (κ3) is 3.66. The first-order valence-corrected chi connectivity index (χ1v) is 10.1. The van der Waals surface area contributed by atoms with Crippen molar-refractivity contribution < 1.29 is 19.4 Å². The topological polar surface area (TPSA) is 66.8 Å². The van der Waals surface area contributed by atoms with Crippen LogP contribution in [0, 0.1) is 0 Å². The summed E-state index contributed by atoms with van der Waals surface area (Å²) in [6, 6.07) is 23.2. The second-order valence-corrected chi connectivity index (χ2v) is 7.33. The zero-order valence-electron chi connectivity index (χ0n) is 16.7. The van der Waals surface area contributed by atoms with Gasteiger partial charge in [-0.15, -0.1) is 0 Å². The van der Waals surface area contributed by atoms with Crippen LogP contribution in [0.3, 0.4) is 0 Å². The van der Waals surface area contributed by atoms with Gasteiger partial charge in [0.25, 0.3) is 5.91 Å². The molecule has 0 bridgehead atoms. The van der Waals surface area contributed by atoms with Crippen LogP contribution in [-0.4, -0.2) is 28.4 Å². The predicted molar refractivity (Wildman–Crippen MR) is 114 cm³/mol. The van der Waals surface area contributed by atoms with E-state index < -0.39 is 17.9 Å². The number of benzene rings is 3. The molecule has 1 aliphatic heterocycles. The number of carboxylic acids is 1. The van der Waals surface area contributed by atoms with Crippen molar-refractivity contribution in [3.05, 3.63) is 95.6 Å². The molecule has 1 aliphatic rings. The number of amides is 1. The molecule has 0 saturated heterocycles. The average molecular weight is 401 g/mol. The van der Waals surface area contributed by atoms with Crippen molar-refractivity contribution in [2.45, 2.75) is 25.3 Å². The molecule has 3 aromatic carbocycles. The second kappa shape index (κ2) is 8.41. The third-order valence-electron chi connectivity index (χ3n) is 5.37. The number of para-hydroxylation sites is 1. The van der Waals surface area contributed by atoms with E-state index in [9.17, 15) is 14.7 Å². The molecule has 0 spiro atoms. The van der Waals surface area contributed by atoms with Gasteiger partial charge < -0.3 is 14.7 Å². The first-order chi connectivity index (χ1) is 14.6. The van der Waals surface area contributed by atoms with Crippen LogP contribution in [0.5, 0.6) is 11.5 Å². The van der Waals surface area contributed by atoms with Gasteiger partial charge in [-0.3, -0.25) is 9.59 Å². The Hall–Kier alpha value is -3.60. The Morgan fingerprint density at radius 1 is 0.933 bits per heavy atom. The second-order valence-electron chi connectivity index (χ2n) is 7.33. The molecule has 0 saturated carbocycles. The predicted octanol–water partition coefficient (Wildman–Crippen LogP) is 5.25. The van der Waals surface area contributed by atoms with E-state index in [0.717, 1.165) is 17.7 Å². The first kappa shape index (κ1) is 19.7. The number of ether oxygens (including phenoxy) is 1. The molecule has 1 amide bonds. The van der Waals surface area contributed by atoms with Crippen LogP contribution < -0.4 is 4.74 Å². The summed E-state index contributed by atoms with van der Waals surface area (Å²) in [4.78, 5) is 27.2. The molecule has 1 N–H and O–H groups in total. The van der Waals surface area contributed by atoms with Crippen LogP contribution >= 0.6 is 0 Å². The van der Waals surface area contributed by atoms with Crippen molar-refractivity contribution in [2.24, 2.45) is 0 Å². The number of carboxylic acid groups (broad SMARTS) is 1. The third-order valence-corrected chi connectivity index (χ3v) is 5.37. The number of carbonyl (C=O) groups excluding carboxylic acids is 1. The molecule has 2 atom stereocenters. The fraction of sp³-hybridized carbons (Fsp3) is 0.200. The summed E-state index contributed by atoms with van der Waals surface area (Å²) in [5, 5.41) is 10.1. The molecule has 0 fully saturated rings. The van der Waals surface area contributed by atoms with Crippen molar-refractivity contribution in [3.63, 3.8) is 0 Å². The Balaban J connectivity index is 1.72. The Labute approximate surface area is 175 Å². The van der Waals surface area contributed by atoms with Crippen LogP contribution in [-0.2, 0) is 4.79 Å². The zero-order valence-corrected chi connectivity index (χ0v) is 16.7. The molecule has 1 heterocycles. The molecule has 3 aromatic rings. The molecule has 30 heavy (non-hydrogen) atoms. The number of rotatable bonds is 6. The lowest BCUT2D eigenvalue weighted by Crippen LogP contribution is -2.45. The molecular formula is C25H23NO4. The minimum absolute atomic E-state index is 0.125. The number of hydrogen-bond donors (Lipinski definition) is 1. The van der Waals surface area contributed by atoms with Gasteiger partial charge in [0.1, 0.15) is 17.4 Å². The van der Waals surface area contributed by atoms with Gasteiger partial charge in [-0.1, -0.05) is 55.5 Å². The Morgan fingerprint density at radius 3 is 2.23 bits per heavy atom. The number of nitrogens with zero attached hydrogens (tertiary/aromatic N) is 1. The molecule has 0 radical (unpaired) electrons. The number of carbonyl (C=O) groups is 2. The molecule has 0 aromatic heterocycles. The molecule has 5 nitrogen and oxygen atoms in total. The molecule has 5 heteroatoms. The van der Waals surface area contributed by atoms with E-state index in [1.165, 1.54) is 0 Å². The SMILES string of the molecule is CCCN1C(=O)c2ccccc2[C@@H](C(=O)O)[C@@H]1c1ccc(Oc2ccccc2)cc1. The van der Waals surface area contributed by atoms with E-state index >= 15 is 0 Å². The van der Waals surface area contributed by atoms with Crippen LogP contribution in [0.2, 0.25) is 0 Å². The largest absolute Gasteiger partial charge is 0.481 e. The summed E-state index contributed by atoms with van der Waals surface area (Å²) in [6.07, 6.45) is 0.742. The van der Waals surface area contributed by atoms with E-state index in [2.05, 4.69) is 0 Å². The van der Waals surface area contributed by atoms with Gasteiger partial charge in [0.2, 0.25) is 0 Å². The van der Waals surface area contributed by atoms with Crippen LogP contribution in [0.4, 0.5) is 0 Å². The summed E-state index contributed by atoms with van der Waals surface area (Å²) >= 11 is 0. The maximum Gasteiger partial charge on any atom is 0.313 e. The normalized spacial score (nSPS) is 18.0. The van der Waals surface area contributed by atoms with Crippen LogP contribution in [0.15, 0.2) is 78.9 Å². The quantitative estimate of drug-likeness (QED) is 0.612. The first-order valence-electron chi connectivity index (χ1n) is 10.1. The van der Waals surface area contributed by atoms with Gasteiger partial charge in [-0.05, 0) is 47.9 Å². The van der Waals surface area contributed by atoms with Crippen molar-refractivity contribution >= 4 is 11.9 Å². The van der Waals surface area contributed by atoms with E-state index in [1.54, 1.807) is 29.2 Å². The highest BCUT2D eigenvalue weighted by Crippen LogP contribution is 2.43. The van der Waals surface area contributed by atoms with Gasteiger partial charge in [-0.25, -0.2) is 0 Å². The van der Waals surface area contributed by atoms with Crippen molar-refractivity contribution in [1.82, 2.24) is 4.90 Å². The standard InChI is InChI=1S/C25H23NO4/c1-2-16-26-23(22(25(28)29)20-10-6-7-11-21(20)24(26)27)17-12-14-19(15-13-17)30-18-8-4-3-5-9-18/h3-15,22-23H,2,16H2,1H3,(H,28,29)/t22-,23+/m1/s1. The lowest BCUT2D eigenvalue weighted by atomic mass is 9.79. The maximum absolute atomic E-state index is 13.2. The summed E-state index contributed by atoms with van der Waals surface area (Å²) in [7, 11) is 0. The summed E-state index contributed by atoms with van der Waals surface area (Å²) in [5.74, 6) is -0.513. The smallest absolute Gasteiger partial charge is 0.313 e. The van der Waals surface area contributed by atoms with Crippen molar-refractivity contribution in [2.75, 3.05) is 6.54 Å². The molecule has 4 rings (SSSR count). The van der Waals surface area contributed by atoms with Crippen molar-refractivity contribution in [1.29, 1.82) is 0 Å². The summed E-state index contributed by atoms with van der Waals surface area (Å²) in [5.41, 5.74) is 1.81. The van der Waals surface area contributed by atoms with Crippen LogP contribution in [0.1, 0.15) is 46.8 Å². The van der Waals surface area contributed by atoms with E-state index in [-0.39, 0.29) is 5.91 Å². The maximum atomic E-state index is 13.2. The fourth-order valence-corrected chi connectivity index (χ4v) is 4.07. The molecule has 152 valence electrons. The Bertz CT molecular complexity index is 1050. The molecule has 0 aliphatic carbocycles. The number of fused-ring (bicyclic) bond motifs is 1. The average Bonchev–Trinajstić information content (AvgIpc) is 2.77. The highest BCUT2D eigenvalue weighted by Gasteiger charge is 2.43. The zero-order chi connectivity index (χ0) is 21.1. The number of aliphatic carboxylic acids is 1. The van der Waals surface area contributed by atoms with Gasteiger partial charge in [-0.2, -0.15) is 0 Å². The lowest BCUT2D eigenvalue weighted by molar-refractivity contribution is -0.140. The minimum atomic E-state index is -0.939. The molecular weight excluding hydrogens is 378 g/mol. The Kier molecular flexibility index (Phi) is 5.53. The van der Waals surface area contributed by atoms with E-state index in [4.69, 9.17) is 4.74 Å². The number of hydrogen-bond acceptors (Lipinski definition) is 3. The minimum Gasteiger partial charge on any atom is -0.481 e. The van der Waals surface area contributed by atoms with E-state index in [1.807, 2.05) is 61.5 Å². The Morgan fingerprint density at radius 2 is 1.57 bits per heavy atom. The van der Waals surface area contributed by atoms with Crippen molar-refractivity contribution in [3.8, 4) is 11.5 Å². The van der Waals surface area contributed by atoms with Gasteiger partial charge in [0, 0.05) is 12.1 Å². The highest BCUT2D eigenvalue weighted by molar-refractivity contribution is 6.00. The van der Waals surface area contributed by atoms with Gasteiger partial charge in [0.05, 0.1) is 6.04 Å². The fourth-order valence-electron chi connectivity index (χ4n) is 4.07. The summed E-state index contributed by atoms with van der Waals surface area (Å²) < 4.78 is 5.85. The molecule has 0 unspecified atom stereocenters. The van der Waals surface area contributed by atoms with E-state index in [0.29, 0.717) is 23.4 Å². The highest BCUT2D eigenvalue weighted by atomic mass is 16.5. The van der Waals surface area contributed by atoms with Gasteiger partial charge >= 0.3 is 5.97 Å². The lowest BCUT2D eigenvalue weighted by Gasteiger charge is -2.40. The van der Waals surface area contributed by atoms with Crippen LogP contribution in [0.25, 0.3) is 0 Å².